The molecule has 2 rings (SSSR count). The third-order valence-corrected chi connectivity index (χ3v) is 4.09. The summed E-state index contributed by atoms with van der Waals surface area (Å²) < 4.78 is 6.83. The van der Waals surface area contributed by atoms with E-state index in [9.17, 15) is 9.59 Å². The number of morpholine rings is 1. The van der Waals surface area contributed by atoms with E-state index < -0.39 is 12.1 Å². The van der Waals surface area contributed by atoms with Gasteiger partial charge in [0.25, 0.3) is 0 Å². The molecule has 2 heterocycles. The van der Waals surface area contributed by atoms with Crippen molar-refractivity contribution in [1.82, 2.24) is 14.7 Å². The number of ether oxygens (including phenoxy) is 1. The van der Waals surface area contributed by atoms with Gasteiger partial charge in [0.1, 0.15) is 5.15 Å². The second-order valence-electron chi connectivity index (χ2n) is 6.18. The van der Waals surface area contributed by atoms with Gasteiger partial charge in [-0.2, -0.15) is 5.10 Å². The summed E-state index contributed by atoms with van der Waals surface area (Å²) in [5.74, 6) is -0.927. The quantitative estimate of drug-likeness (QED) is 0.814. The zero-order valence-corrected chi connectivity index (χ0v) is 14.8. The van der Waals surface area contributed by atoms with Crippen LogP contribution in [0.15, 0.2) is 6.08 Å². The van der Waals surface area contributed by atoms with Crippen molar-refractivity contribution < 1.29 is 19.4 Å². The topological polar surface area (TPSA) is 84.7 Å². The number of aliphatic carboxylic acids is 1. The Morgan fingerprint density at radius 2 is 2.21 bits per heavy atom. The van der Waals surface area contributed by atoms with E-state index in [1.165, 1.54) is 11.0 Å². The highest BCUT2D eigenvalue weighted by Crippen LogP contribution is 2.22. The number of aromatic nitrogens is 2. The van der Waals surface area contributed by atoms with Crippen LogP contribution in [0.4, 0.5) is 0 Å². The molecule has 8 heteroatoms. The molecule has 1 aliphatic rings. The molecule has 132 valence electrons. The van der Waals surface area contributed by atoms with Crippen LogP contribution in [0.1, 0.15) is 25.1 Å². The molecule has 1 aromatic heterocycles. The maximum absolute atomic E-state index is 12.3. The van der Waals surface area contributed by atoms with Crippen molar-refractivity contribution in [3.05, 3.63) is 22.5 Å². The number of carboxylic acid groups (broad SMARTS) is 1. The molecule has 1 aliphatic heterocycles. The van der Waals surface area contributed by atoms with Gasteiger partial charge < -0.3 is 14.7 Å². The first-order valence-corrected chi connectivity index (χ1v) is 8.21. The van der Waals surface area contributed by atoms with E-state index in [2.05, 4.69) is 18.9 Å². The predicted octanol–water partition coefficient (Wildman–Crippen LogP) is 1.83. The summed E-state index contributed by atoms with van der Waals surface area (Å²) >= 11 is 6.33. The van der Waals surface area contributed by atoms with E-state index in [0.717, 1.165) is 5.69 Å². The Kier molecular flexibility index (Phi) is 6.01. The van der Waals surface area contributed by atoms with Crippen molar-refractivity contribution in [1.29, 1.82) is 0 Å². The Morgan fingerprint density at radius 1 is 1.50 bits per heavy atom. The molecule has 24 heavy (non-hydrogen) atoms. The van der Waals surface area contributed by atoms with Crippen LogP contribution in [0.2, 0.25) is 5.15 Å². The molecule has 0 spiro atoms. The monoisotopic (exact) mass is 355 g/mol. The highest BCUT2D eigenvalue weighted by Gasteiger charge is 2.28. The number of rotatable bonds is 5. The summed E-state index contributed by atoms with van der Waals surface area (Å²) in [7, 11) is 0. The summed E-state index contributed by atoms with van der Waals surface area (Å²) in [5.41, 5.74) is 1.45. The second kappa shape index (κ2) is 7.81. The molecule has 1 N–H and O–H groups in total. The van der Waals surface area contributed by atoms with Gasteiger partial charge in [0.2, 0.25) is 5.91 Å². The number of carboxylic acids is 1. The molecule has 0 saturated carbocycles. The minimum atomic E-state index is -1.06. The molecule has 1 unspecified atom stereocenters. The summed E-state index contributed by atoms with van der Waals surface area (Å²) in [6.07, 6.45) is 2.06. The zero-order valence-electron chi connectivity index (χ0n) is 14.0. The van der Waals surface area contributed by atoms with Gasteiger partial charge in [0.05, 0.1) is 18.8 Å². The van der Waals surface area contributed by atoms with E-state index in [1.807, 2.05) is 6.92 Å². The van der Waals surface area contributed by atoms with Gasteiger partial charge in [-0.05, 0) is 18.9 Å². The molecule has 1 fully saturated rings. The fraction of sp³-hybridized carbons (Fsp3) is 0.562. The minimum Gasteiger partial charge on any atom is -0.479 e. The first-order chi connectivity index (χ1) is 11.3. The maximum Gasteiger partial charge on any atom is 0.334 e. The Bertz CT molecular complexity index is 654. The van der Waals surface area contributed by atoms with Gasteiger partial charge in [-0.3, -0.25) is 9.48 Å². The Labute approximate surface area is 145 Å². The van der Waals surface area contributed by atoms with Crippen LogP contribution in [0.25, 0.3) is 6.08 Å². The average molecular weight is 356 g/mol. The Hall–Kier alpha value is -1.86. The molecular weight excluding hydrogens is 334 g/mol. The maximum atomic E-state index is 12.3. The van der Waals surface area contributed by atoms with E-state index in [0.29, 0.717) is 29.7 Å². The summed E-state index contributed by atoms with van der Waals surface area (Å²) in [4.78, 5) is 24.7. The SMILES string of the molecule is Cc1nn(CC(C)C)c(Cl)c1C=CC(=O)N1CCOC(C(=O)O)C1. The van der Waals surface area contributed by atoms with Crippen LogP contribution >= 0.6 is 11.6 Å². The van der Waals surface area contributed by atoms with Gasteiger partial charge in [-0.25, -0.2) is 4.79 Å². The number of aryl methyl sites for hydroxylation is 1. The summed E-state index contributed by atoms with van der Waals surface area (Å²) in [6.45, 7) is 7.30. The van der Waals surface area contributed by atoms with E-state index >= 15 is 0 Å². The summed E-state index contributed by atoms with van der Waals surface area (Å²) in [5, 5.41) is 13.9. The van der Waals surface area contributed by atoms with Crippen molar-refractivity contribution in [2.75, 3.05) is 19.7 Å². The lowest BCUT2D eigenvalue weighted by Gasteiger charge is -2.30. The lowest BCUT2D eigenvalue weighted by atomic mass is 10.2. The van der Waals surface area contributed by atoms with Crippen molar-refractivity contribution in [3.8, 4) is 0 Å². The van der Waals surface area contributed by atoms with Crippen molar-refractivity contribution in [2.45, 2.75) is 33.4 Å². The van der Waals surface area contributed by atoms with Crippen molar-refractivity contribution in [3.63, 3.8) is 0 Å². The van der Waals surface area contributed by atoms with Crippen LogP contribution in [0.3, 0.4) is 0 Å². The number of hydrogen-bond acceptors (Lipinski definition) is 4. The largest absolute Gasteiger partial charge is 0.479 e. The molecule has 1 aromatic rings. The lowest BCUT2D eigenvalue weighted by molar-refractivity contribution is -0.158. The molecule has 0 aromatic carbocycles. The Morgan fingerprint density at radius 3 is 2.83 bits per heavy atom. The van der Waals surface area contributed by atoms with Gasteiger partial charge in [-0.15, -0.1) is 0 Å². The molecular formula is C16H22ClN3O4. The third-order valence-electron chi connectivity index (χ3n) is 3.69. The highest BCUT2D eigenvalue weighted by atomic mass is 35.5. The van der Waals surface area contributed by atoms with Gasteiger partial charge in [0.15, 0.2) is 6.10 Å². The fourth-order valence-corrected chi connectivity index (χ4v) is 2.79. The van der Waals surface area contributed by atoms with Crippen LogP contribution < -0.4 is 0 Å². The van der Waals surface area contributed by atoms with Crippen LogP contribution in [-0.2, 0) is 20.9 Å². The molecule has 1 amide bonds. The van der Waals surface area contributed by atoms with Crippen molar-refractivity contribution in [2.24, 2.45) is 5.92 Å². The number of amides is 1. The van der Waals surface area contributed by atoms with Crippen LogP contribution in [0.5, 0.6) is 0 Å². The predicted molar refractivity (Wildman–Crippen MR) is 89.8 cm³/mol. The first kappa shape index (κ1) is 18.5. The summed E-state index contributed by atoms with van der Waals surface area (Å²) in [6, 6.07) is 0. The molecule has 0 radical (unpaired) electrons. The molecule has 0 aliphatic carbocycles. The standard InChI is InChI=1S/C16H22ClN3O4/c1-10(2)8-20-15(17)12(11(3)18-20)4-5-14(21)19-6-7-24-13(9-19)16(22)23/h4-5,10,13H,6-9H2,1-3H3,(H,22,23). The molecule has 1 atom stereocenters. The van der Waals surface area contributed by atoms with Gasteiger partial charge >= 0.3 is 5.97 Å². The lowest BCUT2D eigenvalue weighted by Crippen LogP contribution is -2.48. The van der Waals surface area contributed by atoms with Crippen LogP contribution in [-0.4, -0.2) is 57.5 Å². The van der Waals surface area contributed by atoms with E-state index in [4.69, 9.17) is 21.4 Å². The number of halogens is 1. The van der Waals surface area contributed by atoms with Gasteiger partial charge in [-0.1, -0.05) is 25.4 Å². The fourth-order valence-electron chi connectivity index (χ4n) is 2.48. The van der Waals surface area contributed by atoms with E-state index in [-0.39, 0.29) is 19.1 Å². The van der Waals surface area contributed by atoms with Crippen molar-refractivity contribution >= 4 is 29.6 Å². The smallest absolute Gasteiger partial charge is 0.334 e. The second-order valence-corrected chi connectivity index (χ2v) is 6.54. The molecule has 0 bridgehead atoms. The molecule has 1 saturated heterocycles. The first-order valence-electron chi connectivity index (χ1n) is 7.84. The number of nitrogens with zero attached hydrogens (tertiary/aromatic N) is 3. The highest BCUT2D eigenvalue weighted by molar-refractivity contribution is 6.31. The minimum absolute atomic E-state index is 0.0395. The number of hydrogen-bond donors (Lipinski definition) is 1. The zero-order chi connectivity index (χ0) is 17.9. The molecule has 7 nitrogen and oxygen atoms in total. The third kappa shape index (κ3) is 4.36. The normalized spacial score (nSPS) is 18.5. The van der Waals surface area contributed by atoms with Crippen LogP contribution in [0, 0.1) is 12.8 Å². The van der Waals surface area contributed by atoms with E-state index in [1.54, 1.807) is 10.8 Å². The average Bonchev–Trinajstić information content (AvgIpc) is 2.78. The van der Waals surface area contributed by atoms with Gasteiger partial charge in [0, 0.05) is 24.7 Å². The number of carbonyl (C=O) groups is 2. The Balaban J connectivity index is 2.09. The number of carbonyl (C=O) groups excluding carboxylic acids is 1.